The third kappa shape index (κ3) is 6.75. The van der Waals surface area contributed by atoms with Crippen LogP contribution in [0.3, 0.4) is 0 Å². The minimum absolute atomic E-state index is 0.109. The van der Waals surface area contributed by atoms with Crippen molar-refractivity contribution in [2.75, 3.05) is 12.3 Å². The number of nitrogens with two attached hydrogens (primary N) is 1. The molecule has 2 aromatic heterocycles. The monoisotopic (exact) mass is 631 g/mol. The number of carbonyl (C=O) groups excluding carboxylic acids is 1. The van der Waals surface area contributed by atoms with E-state index >= 15 is 0 Å². The summed E-state index contributed by atoms with van der Waals surface area (Å²) in [4.78, 5) is 17.9. The lowest BCUT2D eigenvalue weighted by Gasteiger charge is -2.28. The molecule has 3 aromatic rings. The summed E-state index contributed by atoms with van der Waals surface area (Å²) in [5.41, 5.74) is -2.66. The second-order valence-electron chi connectivity index (χ2n) is 9.44. The van der Waals surface area contributed by atoms with E-state index in [0.29, 0.717) is 12.1 Å². The van der Waals surface area contributed by atoms with E-state index in [1.54, 1.807) is 0 Å². The van der Waals surface area contributed by atoms with Crippen LogP contribution in [-0.4, -0.2) is 50.2 Å². The minimum Gasteiger partial charge on any atom is -0.416 e. The van der Waals surface area contributed by atoms with Gasteiger partial charge in [0.2, 0.25) is 5.60 Å². The van der Waals surface area contributed by atoms with E-state index in [0.717, 1.165) is 11.0 Å². The SMILES string of the molecule is Nc1cc(C(F)(F)F)c2nc1-c1nnc(o1)[C@@](O)(C(F)(F)F)CCCCCN(Cc1ccc(OC(F)(F)F)c(F)c1)C2=O. The van der Waals surface area contributed by atoms with E-state index in [1.165, 1.54) is 0 Å². The number of amides is 1. The third-order valence-corrected chi connectivity index (χ3v) is 6.36. The Hall–Kier alpha value is -4.16. The molecule has 1 amide bonds. The maximum Gasteiger partial charge on any atom is 0.573 e. The van der Waals surface area contributed by atoms with Crippen LogP contribution in [-0.2, 0) is 18.3 Å². The van der Waals surface area contributed by atoms with Crippen LogP contribution >= 0.6 is 0 Å². The Balaban J connectivity index is 1.81. The Morgan fingerprint density at radius 2 is 1.70 bits per heavy atom. The number of ether oxygens (including phenoxy) is 1. The molecule has 3 N–H and O–H groups in total. The molecule has 9 nitrogen and oxygen atoms in total. The molecule has 0 saturated heterocycles. The number of fused-ring (bicyclic) bond motifs is 5. The maximum absolute atomic E-state index is 14.3. The molecule has 0 radical (unpaired) electrons. The number of pyridine rings is 1. The zero-order valence-electron chi connectivity index (χ0n) is 21.4. The van der Waals surface area contributed by atoms with Crippen molar-refractivity contribution in [1.29, 1.82) is 0 Å². The molecule has 1 atom stereocenters. The standard InChI is InChI=1S/C24H19F10N5O4/c25-13-8-11(4-5-15(13)43-24(32,33)34)10-39-7-3-1-2-6-21(41,23(29,30)31)20-38-37-18(42-20)17-14(35)9-12(22(26,27)28)16(36-17)19(39)40/h4-5,8-9,41H,1-3,6-7,10,35H2/t21-/m1/s1. The Morgan fingerprint density at radius 3 is 2.30 bits per heavy atom. The van der Waals surface area contributed by atoms with Crippen LogP contribution in [0.5, 0.6) is 5.75 Å². The van der Waals surface area contributed by atoms with Crippen molar-refractivity contribution in [2.45, 2.75) is 56.5 Å². The van der Waals surface area contributed by atoms with Gasteiger partial charge in [-0.1, -0.05) is 12.5 Å². The van der Waals surface area contributed by atoms with Gasteiger partial charge >= 0.3 is 18.7 Å². The van der Waals surface area contributed by atoms with Gasteiger partial charge in [0.15, 0.2) is 17.3 Å². The van der Waals surface area contributed by atoms with Crippen LogP contribution in [0.2, 0.25) is 0 Å². The summed E-state index contributed by atoms with van der Waals surface area (Å²) >= 11 is 0. The molecule has 0 aliphatic carbocycles. The largest absolute Gasteiger partial charge is 0.573 e. The number of benzene rings is 1. The summed E-state index contributed by atoms with van der Waals surface area (Å²) in [6, 6.07) is 2.37. The Bertz CT molecular complexity index is 1510. The highest BCUT2D eigenvalue weighted by atomic mass is 19.4. The molecular weight excluding hydrogens is 612 g/mol. The highest BCUT2D eigenvalue weighted by molar-refractivity contribution is 5.95. The van der Waals surface area contributed by atoms with E-state index in [1.807, 2.05) is 0 Å². The van der Waals surface area contributed by atoms with Gasteiger partial charge in [0, 0.05) is 13.1 Å². The lowest BCUT2D eigenvalue weighted by atomic mass is 9.95. The lowest BCUT2D eigenvalue weighted by molar-refractivity contribution is -0.277. The summed E-state index contributed by atoms with van der Waals surface area (Å²) in [5.74, 6) is -6.32. The first-order valence-corrected chi connectivity index (χ1v) is 12.1. The van der Waals surface area contributed by atoms with Crippen molar-refractivity contribution >= 4 is 11.6 Å². The molecule has 0 saturated carbocycles. The molecular formula is C24H19F10N5O4. The fourth-order valence-electron chi connectivity index (χ4n) is 4.27. The first-order chi connectivity index (χ1) is 19.8. The Labute approximate surface area is 234 Å². The fraction of sp³-hybridized carbons (Fsp3) is 0.417. The number of nitrogen functional groups attached to an aromatic ring is 1. The highest BCUT2D eigenvalue weighted by Gasteiger charge is 2.58. The van der Waals surface area contributed by atoms with Crippen molar-refractivity contribution in [3.63, 3.8) is 0 Å². The van der Waals surface area contributed by atoms with E-state index in [2.05, 4.69) is 19.9 Å². The van der Waals surface area contributed by atoms with Crippen molar-refractivity contribution < 1.29 is 63.0 Å². The average Bonchev–Trinajstić information content (AvgIpc) is 3.37. The van der Waals surface area contributed by atoms with Gasteiger partial charge in [0.1, 0.15) is 5.69 Å². The van der Waals surface area contributed by atoms with Gasteiger partial charge in [0.05, 0.1) is 11.3 Å². The van der Waals surface area contributed by atoms with Crippen LogP contribution in [0.4, 0.5) is 49.6 Å². The van der Waals surface area contributed by atoms with Crippen LogP contribution in [0.1, 0.15) is 53.2 Å². The zero-order valence-corrected chi connectivity index (χ0v) is 21.4. The summed E-state index contributed by atoms with van der Waals surface area (Å²) in [5, 5.41) is 17.0. The number of alkyl halides is 9. The van der Waals surface area contributed by atoms with Gasteiger partial charge in [-0.15, -0.1) is 23.4 Å². The number of hydrogen-bond acceptors (Lipinski definition) is 8. The van der Waals surface area contributed by atoms with Crippen LogP contribution in [0, 0.1) is 5.82 Å². The van der Waals surface area contributed by atoms with E-state index in [-0.39, 0.29) is 30.9 Å². The normalized spacial score (nSPS) is 18.9. The van der Waals surface area contributed by atoms with Crippen molar-refractivity contribution in [1.82, 2.24) is 20.1 Å². The predicted molar refractivity (Wildman–Crippen MR) is 123 cm³/mol. The fourth-order valence-corrected chi connectivity index (χ4v) is 4.27. The quantitative estimate of drug-likeness (QED) is 0.351. The van der Waals surface area contributed by atoms with Gasteiger partial charge in [-0.3, -0.25) is 4.79 Å². The van der Waals surface area contributed by atoms with Gasteiger partial charge in [0.25, 0.3) is 17.7 Å². The summed E-state index contributed by atoms with van der Waals surface area (Å²) in [7, 11) is 0. The molecule has 0 spiro atoms. The van der Waals surface area contributed by atoms with Crippen molar-refractivity contribution in [3.8, 4) is 17.3 Å². The van der Waals surface area contributed by atoms with E-state index in [9.17, 15) is 53.8 Å². The molecule has 4 rings (SSSR count). The molecule has 4 bridgehead atoms. The second-order valence-corrected chi connectivity index (χ2v) is 9.44. The summed E-state index contributed by atoms with van der Waals surface area (Å²) in [6.45, 7) is -1.07. The first-order valence-electron chi connectivity index (χ1n) is 12.1. The molecule has 3 heterocycles. The number of aromatic nitrogens is 3. The number of halogens is 10. The molecule has 0 unspecified atom stereocenters. The number of anilines is 1. The predicted octanol–water partition coefficient (Wildman–Crippen LogP) is 5.74. The molecule has 43 heavy (non-hydrogen) atoms. The number of rotatable bonds is 3. The summed E-state index contributed by atoms with van der Waals surface area (Å²) < 4.78 is 144. The van der Waals surface area contributed by atoms with Gasteiger partial charge in [-0.25, -0.2) is 9.37 Å². The maximum atomic E-state index is 14.3. The van der Waals surface area contributed by atoms with Crippen LogP contribution < -0.4 is 10.5 Å². The Morgan fingerprint density at radius 1 is 1.00 bits per heavy atom. The molecule has 1 aliphatic heterocycles. The topological polar surface area (TPSA) is 128 Å². The molecule has 234 valence electrons. The number of aliphatic hydroxyl groups is 1. The van der Waals surface area contributed by atoms with Crippen LogP contribution in [0.25, 0.3) is 11.6 Å². The zero-order chi connectivity index (χ0) is 32.0. The summed E-state index contributed by atoms with van der Waals surface area (Å²) in [6.07, 6.45) is -17.3. The number of hydrogen-bond donors (Lipinski definition) is 2. The molecule has 19 heteroatoms. The number of nitrogens with zero attached hydrogens (tertiary/aromatic N) is 4. The lowest BCUT2D eigenvalue weighted by Crippen LogP contribution is -2.42. The van der Waals surface area contributed by atoms with Crippen molar-refractivity contribution in [3.05, 3.63) is 52.8 Å². The van der Waals surface area contributed by atoms with Gasteiger partial charge < -0.3 is 24.9 Å². The first kappa shape index (κ1) is 31.8. The van der Waals surface area contributed by atoms with Crippen molar-refractivity contribution in [2.24, 2.45) is 0 Å². The van der Waals surface area contributed by atoms with E-state index in [4.69, 9.17) is 10.2 Å². The average molecular weight is 631 g/mol. The second kappa shape index (κ2) is 11.2. The molecule has 1 aliphatic rings. The molecule has 0 fully saturated rings. The van der Waals surface area contributed by atoms with Gasteiger partial charge in [-0.2, -0.15) is 26.3 Å². The van der Waals surface area contributed by atoms with E-state index < -0.39 is 95.7 Å². The van der Waals surface area contributed by atoms with Gasteiger partial charge in [-0.05, 0) is 43.0 Å². The highest BCUT2D eigenvalue weighted by Crippen LogP contribution is 2.44. The number of carbonyl (C=O) groups is 1. The molecule has 1 aromatic carbocycles. The Kier molecular flexibility index (Phi) is 8.24. The van der Waals surface area contributed by atoms with Crippen LogP contribution in [0.15, 0.2) is 28.7 Å². The minimum atomic E-state index is -5.31. The smallest absolute Gasteiger partial charge is 0.416 e. The third-order valence-electron chi connectivity index (χ3n) is 6.36.